The van der Waals surface area contributed by atoms with Crippen LogP contribution in [0.4, 0.5) is 18.9 Å². The van der Waals surface area contributed by atoms with E-state index in [1.54, 1.807) is 34.0 Å². The third kappa shape index (κ3) is 3.84. The van der Waals surface area contributed by atoms with Crippen molar-refractivity contribution in [3.8, 4) is 5.69 Å². The number of carbonyl (C=O) groups is 2. The number of benzene rings is 3. The fraction of sp³-hybridized carbons (Fsp3) is 0.276. The van der Waals surface area contributed by atoms with Crippen LogP contribution in [0.25, 0.3) is 16.6 Å². The van der Waals surface area contributed by atoms with Crippen LogP contribution in [-0.2, 0) is 15.1 Å². The van der Waals surface area contributed by atoms with Crippen LogP contribution in [0, 0.1) is 11.7 Å². The van der Waals surface area contributed by atoms with Crippen molar-refractivity contribution in [3.05, 3.63) is 90.4 Å². The number of nitrogens with one attached hydrogen (secondary N) is 1. The minimum absolute atomic E-state index is 0.00948. The highest BCUT2D eigenvalue weighted by molar-refractivity contribution is 6.01. The van der Waals surface area contributed by atoms with Gasteiger partial charge in [-0.25, -0.2) is 9.07 Å². The average Bonchev–Trinajstić information content (AvgIpc) is 3.59. The lowest BCUT2D eigenvalue weighted by Crippen LogP contribution is -2.58. The lowest BCUT2D eigenvalue weighted by atomic mass is 9.78. The highest BCUT2D eigenvalue weighted by Crippen LogP contribution is 2.56. The first-order valence-corrected chi connectivity index (χ1v) is 12.5. The molecule has 38 heavy (non-hydrogen) atoms. The van der Waals surface area contributed by atoms with Gasteiger partial charge in [-0.05, 0) is 66.8 Å². The van der Waals surface area contributed by atoms with Crippen LogP contribution in [0.15, 0.2) is 79.0 Å². The maximum Gasteiger partial charge on any atom is 0.321 e. The molecule has 1 N–H and O–H groups in total. The molecule has 0 bridgehead atoms. The molecular weight excluding hydrogens is 493 g/mol. The number of rotatable bonds is 6. The molecule has 1 aliphatic heterocycles. The van der Waals surface area contributed by atoms with Gasteiger partial charge >= 0.3 is 5.92 Å². The molecule has 194 valence electrons. The maximum absolute atomic E-state index is 14.0. The molecule has 4 aromatic rings. The summed E-state index contributed by atoms with van der Waals surface area (Å²) in [5.74, 6) is -5.58. The van der Waals surface area contributed by atoms with E-state index in [1.807, 2.05) is 42.5 Å². The van der Waals surface area contributed by atoms with Crippen molar-refractivity contribution in [2.75, 3.05) is 4.90 Å². The summed E-state index contributed by atoms with van der Waals surface area (Å²) in [4.78, 5) is 27.8. The Hall–Kier alpha value is -4.14. The second kappa shape index (κ2) is 8.72. The van der Waals surface area contributed by atoms with Crippen molar-refractivity contribution in [2.24, 2.45) is 5.92 Å². The van der Waals surface area contributed by atoms with Crippen LogP contribution in [0.2, 0.25) is 0 Å². The van der Waals surface area contributed by atoms with Crippen molar-refractivity contribution < 1.29 is 22.8 Å². The summed E-state index contributed by atoms with van der Waals surface area (Å²) in [6.45, 7) is 0.560. The minimum atomic E-state index is -3.57. The second-order valence-corrected chi connectivity index (χ2v) is 10.1. The van der Waals surface area contributed by atoms with Gasteiger partial charge < -0.3 is 5.32 Å². The fourth-order valence-corrected chi connectivity index (χ4v) is 5.80. The number of amides is 2. The smallest absolute Gasteiger partial charge is 0.321 e. The van der Waals surface area contributed by atoms with Crippen LogP contribution in [0.5, 0.6) is 0 Å². The SMILES string of the molecule is CC(F)(F)C(=O)N[C@H]1CC(=O)N(c2ccc3c(cnn3-c3ccc(F)cc3)c2)[C@@]1(c1ccccc1)C1CC1. The van der Waals surface area contributed by atoms with Gasteiger partial charge in [0.2, 0.25) is 5.91 Å². The number of anilines is 1. The van der Waals surface area contributed by atoms with Gasteiger partial charge in [-0.15, -0.1) is 0 Å². The highest BCUT2D eigenvalue weighted by Gasteiger charge is 2.62. The van der Waals surface area contributed by atoms with Crippen molar-refractivity contribution in [1.29, 1.82) is 0 Å². The second-order valence-electron chi connectivity index (χ2n) is 10.1. The number of hydrogen-bond acceptors (Lipinski definition) is 3. The summed E-state index contributed by atoms with van der Waals surface area (Å²) >= 11 is 0. The topological polar surface area (TPSA) is 67.2 Å². The molecule has 9 heteroatoms. The van der Waals surface area contributed by atoms with E-state index >= 15 is 0 Å². The lowest BCUT2D eigenvalue weighted by molar-refractivity contribution is -0.144. The van der Waals surface area contributed by atoms with Gasteiger partial charge in [0.05, 0.1) is 35.4 Å². The Morgan fingerprint density at radius 3 is 2.37 bits per heavy atom. The Morgan fingerprint density at radius 2 is 1.71 bits per heavy atom. The summed E-state index contributed by atoms with van der Waals surface area (Å²) in [6, 6.07) is 20.0. The molecule has 2 amide bonds. The molecule has 2 atom stereocenters. The van der Waals surface area contributed by atoms with Gasteiger partial charge in [-0.2, -0.15) is 13.9 Å². The predicted molar refractivity (Wildman–Crippen MR) is 137 cm³/mol. The van der Waals surface area contributed by atoms with Crippen LogP contribution in [-0.4, -0.2) is 33.6 Å². The third-order valence-electron chi connectivity index (χ3n) is 7.55. The molecule has 1 saturated heterocycles. The molecular formula is C29H25F3N4O2. The summed E-state index contributed by atoms with van der Waals surface area (Å²) in [6.07, 6.45) is 3.18. The maximum atomic E-state index is 14.0. The Balaban J connectivity index is 1.47. The molecule has 0 spiro atoms. The normalized spacial score (nSPS) is 21.7. The molecule has 0 unspecified atom stereocenters. The summed E-state index contributed by atoms with van der Waals surface area (Å²) in [5, 5.41) is 7.74. The monoisotopic (exact) mass is 518 g/mol. The highest BCUT2D eigenvalue weighted by atomic mass is 19.3. The summed E-state index contributed by atoms with van der Waals surface area (Å²) in [5.41, 5.74) is 1.82. The zero-order valence-electron chi connectivity index (χ0n) is 20.6. The molecule has 1 saturated carbocycles. The molecule has 3 aromatic carbocycles. The number of halogens is 3. The van der Waals surface area contributed by atoms with Crippen LogP contribution >= 0.6 is 0 Å². The largest absolute Gasteiger partial charge is 0.345 e. The van der Waals surface area contributed by atoms with Crippen LogP contribution < -0.4 is 10.2 Å². The molecule has 2 heterocycles. The van der Waals surface area contributed by atoms with Gasteiger partial charge in [0, 0.05) is 18.0 Å². The van der Waals surface area contributed by atoms with E-state index in [1.165, 1.54) is 12.1 Å². The minimum Gasteiger partial charge on any atom is -0.345 e. The number of aromatic nitrogens is 2. The van der Waals surface area contributed by atoms with Crippen LogP contribution in [0.1, 0.15) is 31.7 Å². The van der Waals surface area contributed by atoms with E-state index in [-0.39, 0.29) is 24.1 Å². The molecule has 2 fully saturated rings. The molecule has 1 aromatic heterocycles. The van der Waals surface area contributed by atoms with E-state index in [2.05, 4.69) is 10.4 Å². The summed E-state index contributed by atoms with van der Waals surface area (Å²) < 4.78 is 43.0. The summed E-state index contributed by atoms with van der Waals surface area (Å²) in [7, 11) is 0. The number of alkyl halides is 2. The van der Waals surface area contributed by atoms with Gasteiger partial charge in [0.25, 0.3) is 5.91 Å². The van der Waals surface area contributed by atoms with Gasteiger partial charge in [-0.1, -0.05) is 30.3 Å². The Bertz CT molecular complexity index is 1530. The number of carbonyl (C=O) groups excluding carboxylic acids is 2. The molecule has 2 aliphatic rings. The zero-order valence-corrected chi connectivity index (χ0v) is 20.6. The quantitative estimate of drug-likeness (QED) is 0.374. The van der Waals surface area contributed by atoms with E-state index < -0.39 is 23.4 Å². The third-order valence-corrected chi connectivity index (χ3v) is 7.55. The molecule has 1 aliphatic carbocycles. The van der Waals surface area contributed by atoms with E-state index in [0.29, 0.717) is 18.3 Å². The van der Waals surface area contributed by atoms with Gasteiger partial charge in [-0.3, -0.25) is 14.5 Å². The zero-order chi connectivity index (χ0) is 26.7. The number of fused-ring (bicyclic) bond motifs is 1. The predicted octanol–water partition coefficient (Wildman–Crippen LogP) is 5.35. The van der Waals surface area contributed by atoms with Crippen molar-refractivity contribution in [1.82, 2.24) is 15.1 Å². The van der Waals surface area contributed by atoms with Crippen LogP contribution in [0.3, 0.4) is 0 Å². The number of hydrogen-bond donors (Lipinski definition) is 1. The lowest BCUT2D eigenvalue weighted by Gasteiger charge is -2.43. The van der Waals surface area contributed by atoms with Crippen molar-refractivity contribution in [2.45, 2.75) is 43.7 Å². The molecule has 6 rings (SSSR count). The van der Waals surface area contributed by atoms with Crippen molar-refractivity contribution in [3.63, 3.8) is 0 Å². The Kier molecular flexibility index (Phi) is 5.55. The molecule has 0 radical (unpaired) electrons. The first-order valence-electron chi connectivity index (χ1n) is 12.5. The van der Waals surface area contributed by atoms with E-state index in [9.17, 15) is 22.8 Å². The van der Waals surface area contributed by atoms with Gasteiger partial charge in [0.15, 0.2) is 0 Å². The number of nitrogens with zero attached hydrogens (tertiary/aromatic N) is 3. The average molecular weight is 519 g/mol. The van der Waals surface area contributed by atoms with Gasteiger partial charge in [0.1, 0.15) is 5.82 Å². The fourth-order valence-electron chi connectivity index (χ4n) is 5.80. The van der Waals surface area contributed by atoms with E-state index in [4.69, 9.17) is 0 Å². The first kappa shape index (κ1) is 24.2. The van der Waals surface area contributed by atoms with E-state index in [0.717, 1.165) is 29.3 Å². The molecule has 6 nitrogen and oxygen atoms in total. The van der Waals surface area contributed by atoms with Crippen molar-refractivity contribution >= 4 is 28.4 Å². The Labute approximate surface area is 217 Å². The Morgan fingerprint density at radius 1 is 1.03 bits per heavy atom. The standard InChI is InChI=1S/C29H25F3N4O2/c1-28(31,32)27(38)34-25-16-26(37)35(29(25,20-7-8-20)19-5-3-2-4-6-19)23-13-14-24-18(15-23)17-33-36(24)22-11-9-21(30)10-12-22/h2-6,9-15,17,20,25H,7-8,16H2,1H3,(H,34,38)/t25-,29-/m0/s1. The first-order chi connectivity index (χ1) is 18.2.